The van der Waals surface area contributed by atoms with Gasteiger partial charge in [-0.15, -0.1) is 0 Å². The molecule has 0 radical (unpaired) electrons. The van der Waals surface area contributed by atoms with Crippen molar-refractivity contribution in [3.05, 3.63) is 28.0 Å². The lowest BCUT2D eigenvalue weighted by atomic mass is 10.1. The zero-order valence-corrected chi connectivity index (χ0v) is 10.2. The zero-order valence-electron chi connectivity index (χ0n) is 8.66. The van der Waals surface area contributed by atoms with Gasteiger partial charge in [-0.25, -0.2) is 9.18 Å². The second kappa shape index (κ2) is 5.27. The van der Waals surface area contributed by atoms with Crippen molar-refractivity contribution in [2.45, 2.75) is 6.10 Å². The highest BCUT2D eigenvalue weighted by atomic mass is 79.9. The van der Waals surface area contributed by atoms with Gasteiger partial charge in [0.2, 0.25) is 0 Å². The lowest BCUT2D eigenvalue weighted by Gasteiger charge is -2.13. The molecule has 0 aliphatic heterocycles. The molecular formula is C10H10BrFO4. The first-order valence-corrected chi connectivity index (χ1v) is 5.10. The van der Waals surface area contributed by atoms with Crippen molar-refractivity contribution >= 4 is 21.9 Å². The lowest BCUT2D eigenvalue weighted by Crippen LogP contribution is -2.16. The largest absolute Gasteiger partial charge is 0.494 e. The molecule has 0 aliphatic carbocycles. The second-order valence-corrected chi connectivity index (χ2v) is 3.76. The third-order valence-electron chi connectivity index (χ3n) is 2.01. The van der Waals surface area contributed by atoms with Crippen LogP contribution in [-0.4, -0.2) is 25.3 Å². The molecule has 0 heterocycles. The zero-order chi connectivity index (χ0) is 12.3. The van der Waals surface area contributed by atoms with Crippen LogP contribution in [0.5, 0.6) is 5.75 Å². The van der Waals surface area contributed by atoms with Crippen molar-refractivity contribution < 1.29 is 23.8 Å². The summed E-state index contributed by atoms with van der Waals surface area (Å²) >= 11 is 3.05. The number of aliphatic hydroxyl groups is 1. The normalized spacial score (nSPS) is 12.1. The van der Waals surface area contributed by atoms with Gasteiger partial charge in [0.1, 0.15) is 0 Å². The summed E-state index contributed by atoms with van der Waals surface area (Å²) in [7, 11) is 2.40. The van der Waals surface area contributed by atoms with Crippen LogP contribution >= 0.6 is 15.9 Å². The summed E-state index contributed by atoms with van der Waals surface area (Å²) in [6, 6.07) is 2.86. The van der Waals surface area contributed by atoms with E-state index in [1.54, 1.807) is 0 Å². The van der Waals surface area contributed by atoms with E-state index in [9.17, 15) is 14.3 Å². The average molecular weight is 293 g/mol. The third-order valence-corrected chi connectivity index (χ3v) is 2.70. The number of esters is 1. The van der Waals surface area contributed by atoms with Gasteiger partial charge in [-0.3, -0.25) is 0 Å². The summed E-state index contributed by atoms with van der Waals surface area (Å²) in [5.41, 5.74) is -0.203. The molecule has 1 unspecified atom stereocenters. The molecular weight excluding hydrogens is 283 g/mol. The molecule has 0 aliphatic rings. The van der Waals surface area contributed by atoms with E-state index in [1.165, 1.54) is 19.2 Å². The van der Waals surface area contributed by atoms with E-state index in [4.69, 9.17) is 4.74 Å². The van der Waals surface area contributed by atoms with Gasteiger partial charge in [-0.05, 0) is 12.1 Å². The standard InChI is InChI=1S/C10H10BrFO4/c1-15-6-4-3-5(11)7(8(6)12)9(13)10(14)16-2/h3-4,9,13H,1-2H3. The van der Waals surface area contributed by atoms with Crippen molar-refractivity contribution in [2.24, 2.45) is 0 Å². The van der Waals surface area contributed by atoms with Crippen LogP contribution in [0.15, 0.2) is 16.6 Å². The Morgan fingerprint density at radius 1 is 1.50 bits per heavy atom. The summed E-state index contributed by atoms with van der Waals surface area (Å²) in [5, 5.41) is 9.57. The third kappa shape index (κ3) is 2.33. The number of hydrogen-bond donors (Lipinski definition) is 1. The van der Waals surface area contributed by atoms with Crippen LogP contribution in [0.3, 0.4) is 0 Å². The number of aliphatic hydroxyl groups excluding tert-OH is 1. The Morgan fingerprint density at radius 2 is 2.12 bits per heavy atom. The molecule has 1 aromatic carbocycles. The van der Waals surface area contributed by atoms with E-state index in [0.29, 0.717) is 0 Å². The van der Waals surface area contributed by atoms with Gasteiger partial charge in [-0.2, -0.15) is 0 Å². The van der Waals surface area contributed by atoms with E-state index in [1.807, 2.05) is 0 Å². The second-order valence-electron chi connectivity index (χ2n) is 2.90. The Morgan fingerprint density at radius 3 is 2.62 bits per heavy atom. The quantitative estimate of drug-likeness (QED) is 0.863. The number of carbonyl (C=O) groups excluding carboxylic acids is 1. The Hall–Kier alpha value is -1.14. The highest BCUT2D eigenvalue weighted by Gasteiger charge is 2.26. The Bertz CT molecular complexity index is 408. The van der Waals surface area contributed by atoms with Crippen LogP contribution in [0, 0.1) is 5.82 Å². The number of hydrogen-bond acceptors (Lipinski definition) is 4. The molecule has 0 aromatic heterocycles. The van der Waals surface area contributed by atoms with Gasteiger partial charge in [0.25, 0.3) is 0 Å². The van der Waals surface area contributed by atoms with Gasteiger partial charge in [0.15, 0.2) is 17.7 Å². The number of methoxy groups -OCH3 is 2. The van der Waals surface area contributed by atoms with Crippen LogP contribution in [0.2, 0.25) is 0 Å². The van der Waals surface area contributed by atoms with E-state index >= 15 is 0 Å². The summed E-state index contributed by atoms with van der Waals surface area (Å²) < 4.78 is 23.1. The molecule has 16 heavy (non-hydrogen) atoms. The van der Waals surface area contributed by atoms with Crippen molar-refractivity contribution in [2.75, 3.05) is 14.2 Å². The fourth-order valence-electron chi connectivity index (χ4n) is 1.19. The molecule has 1 atom stereocenters. The van der Waals surface area contributed by atoms with Crippen molar-refractivity contribution in [1.29, 1.82) is 0 Å². The fraction of sp³-hybridized carbons (Fsp3) is 0.300. The maximum atomic E-state index is 13.8. The molecule has 1 rings (SSSR count). The number of halogens is 2. The molecule has 0 fully saturated rings. The van der Waals surface area contributed by atoms with Crippen LogP contribution in [-0.2, 0) is 9.53 Å². The number of rotatable bonds is 3. The molecule has 88 valence electrons. The molecule has 6 heteroatoms. The molecule has 0 spiro atoms. The maximum Gasteiger partial charge on any atom is 0.339 e. The van der Waals surface area contributed by atoms with E-state index in [0.717, 1.165) is 7.11 Å². The van der Waals surface area contributed by atoms with E-state index < -0.39 is 17.9 Å². The van der Waals surface area contributed by atoms with Crippen molar-refractivity contribution in [1.82, 2.24) is 0 Å². The lowest BCUT2D eigenvalue weighted by molar-refractivity contribution is -0.150. The molecule has 1 aromatic rings. The first-order chi connectivity index (χ1) is 7.52. The SMILES string of the molecule is COC(=O)C(O)c1c(Br)ccc(OC)c1F. The molecule has 1 N–H and O–H groups in total. The molecule has 0 amide bonds. The number of ether oxygens (including phenoxy) is 2. The highest BCUT2D eigenvalue weighted by molar-refractivity contribution is 9.10. The maximum absolute atomic E-state index is 13.8. The van der Waals surface area contributed by atoms with E-state index in [2.05, 4.69) is 20.7 Å². The minimum absolute atomic E-state index is 0.0545. The Balaban J connectivity index is 3.26. The molecule has 0 bridgehead atoms. The summed E-state index contributed by atoms with van der Waals surface area (Å²) in [5.74, 6) is -1.79. The van der Waals surface area contributed by atoms with Crippen LogP contribution in [0.1, 0.15) is 11.7 Å². The number of benzene rings is 1. The minimum atomic E-state index is -1.69. The summed E-state index contributed by atoms with van der Waals surface area (Å²) in [4.78, 5) is 11.1. The summed E-state index contributed by atoms with van der Waals surface area (Å²) in [6.07, 6.45) is -1.69. The first-order valence-electron chi connectivity index (χ1n) is 4.30. The predicted octanol–water partition coefficient (Wildman–Crippen LogP) is 1.80. The highest BCUT2D eigenvalue weighted by Crippen LogP contribution is 2.32. The van der Waals surface area contributed by atoms with Crippen LogP contribution < -0.4 is 4.74 Å². The van der Waals surface area contributed by atoms with Crippen LogP contribution in [0.25, 0.3) is 0 Å². The smallest absolute Gasteiger partial charge is 0.339 e. The van der Waals surface area contributed by atoms with E-state index in [-0.39, 0.29) is 15.8 Å². The van der Waals surface area contributed by atoms with Gasteiger partial charge in [0, 0.05) is 10.0 Å². The minimum Gasteiger partial charge on any atom is -0.494 e. The Labute approximate surface area is 100 Å². The van der Waals surface area contributed by atoms with Gasteiger partial charge in [-0.1, -0.05) is 15.9 Å². The predicted molar refractivity (Wildman–Crippen MR) is 57.6 cm³/mol. The topological polar surface area (TPSA) is 55.8 Å². The number of carbonyl (C=O) groups is 1. The Kier molecular flexibility index (Phi) is 4.26. The molecule has 0 saturated heterocycles. The van der Waals surface area contributed by atoms with Crippen LogP contribution in [0.4, 0.5) is 4.39 Å². The monoisotopic (exact) mass is 292 g/mol. The fourth-order valence-corrected chi connectivity index (χ4v) is 1.71. The van der Waals surface area contributed by atoms with Crippen molar-refractivity contribution in [3.63, 3.8) is 0 Å². The van der Waals surface area contributed by atoms with Gasteiger partial charge >= 0.3 is 5.97 Å². The molecule has 0 saturated carbocycles. The average Bonchev–Trinajstić information content (AvgIpc) is 2.28. The van der Waals surface area contributed by atoms with Gasteiger partial charge < -0.3 is 14.6 Å². The first kappa shape index (κ1) is 12.9. The van der Waals surface area contributed by atoms with Crippen molar-refractivity contribution in [3.8, 4) is 5.75 Å². The summed E-state index contributed by atoms with van der Waals surface area (Å²) in [6.45, 7) is 0. The molecule has 4 nitrogen and oxygen atoms in total. The van der Waals surface area contributed by atoms with Gasteiger partial charge in [0.05, 0.1) is 14.2 Å².